The van der Waals surface area contributed by atoms with Gasteiger partial charge in [-0.1, -0.05) is 77.6 Å². The molecule has 1 N–H and O–H groups in total. The molecule has 1 atom stereocenters. The zero-order chi connectivity index (χ0) is 13.7. The van der Waals surface area contributed by atoms with Crippen LogP contribution in [0.1, 0.15) is 85.4 Å². The van der Waals surface area contributed by atoms with Gasteiger partial charge in [0.15, 0.2) is 0 Å². The number of rotatable bonds is 13. The Hall–Kier alpha value is 1.97. The van der Waals surface area contributed by atoms with Gasteiger partial charge in [0, 0.05) is 16.9 Å². The first-order valence-corrected chi connectivity index (χ1v) is 10.1. The monoisotopic (exact) mass is 334 g/mol. The molecule has 0 saturated heterocycles. The van der Waals surface area contributed by atoms with Crippen molar-refractivity contribution in [2.75, 3.05) is 5.75 Å². The van der Waals surface area contributed by atoms with E-state index in [1.54, 1.807) is 0 Å². The second-order valence-electron chi connectivity index (χ2n) is 5.18. The smallest absolute Gasteiger partial charge is 1.00 e. The van der Waals surface area contributed by atoms with E-state index in [2.05, 4.69) is 18.1 Å². The quantitative estimate of drug-likeness (QED) is 0.414. The zero-order valence-electron chi connectivity index (χ0n) is 13.9. The van der Waals surface area contributed by atoms with Gasteiger partial charge in [-0.3, -0.25) is 0 Å². The zero-order valence-corrected chi connectivity index (χ0v) is 17.6. The van der Waals surface area contributed by atoms with Crippen molar-refractivity contribution in [2.24, 2.45) is 0 Å². The molecule has 112 valence electrons. The van der Waals surface area contributed by atoms with Crippen LogP contribution in [0.4, 0.5) is 0 Å². The second kappa shape index (κ2) is 16.3. The van der Waals surface area contributed by atoms with E-state index < -0.39 is 8.77 Å². The summed E-state index contributed by atoms with van der Waals surface area (Å²) < 4.78 is 19.8. The van der Waals surface area contributed by atoms with E-state index in [9.17, 15) is 4.21 Å². The minimum atomic E-state index is -2.90. The Balaban J connectivity index is -0.00000144. The average Bonchev–Trinajstić information content (AvgIpc) is 2.29. The van der Waals surface area contributed by atoms with E-state index in [1.165, 1.54) is 64.2 Å². The summed E-state index contributed by atoms with van der Waals surface area (Å²) in [4.78, 5) is 0. The standard InChI is InChI=1S/C14H30O2S2.K.H/c1-2-3-4-5-6-7-8-9-10-11-12-13-14-18(15,16)17;;/h2-14H2,1H3,(H,15,16,17);;/q;+1;-1. The summed E-state index contributed by atoms with van der Waals surface area (Å²) in [6.45, 7) is 2.25. The topological polar surface area (TPSA) is 37.3 Å². The first-order chi connectivity index (χ1) is 8.56. The second-order valence-corrected chi connectivity index (χ2v) is 8.31. The van der Waals surface area contributed by atoms with Crippen LogP contribution in [0.3, 0.4) is 0 Å². The maximum Gasteiger partial charge on any atom is 1.00 e. The van der Waals surface area contributed by atoms with Gasteiger partial charge in [-0.25, -0.2) is 4.21 Å². The van der Waals surface area contributed by atoms with Crippen LogP contribution in [0, 0.1) is 0 Å². The molecule has 5 heteroatoms. The molecular formula is C14H31KO2S2. The molecule has 19 heavy (non-hydrogen) atoms. The largest absolute Gasteiger partial charge is 1.00 e. The fraction of sp³-hybridized carbons (Fsp3) is 1.00. The number of hydrogen-bond acceptors (Lipinski definition) is 2. The van der Waals surface area contributed by atoms with Crippen LogP contribution in [0.15, 0.2) is 0 Å². The Labute approximate surface area is 169 Å². The predicted molar refractivity (Wildman–Crippen MR) is 85.2 cm³/mol. The first-order valence-electron chi connectivity index (χ1n) is 7.51. The van der Waals surface area contributed by atoms with Gasteiger partial charge in [0.1, 0.15) is 8.77 Å². The van der Waals surface area contributed by atoms with Crippen LogP contribution < -0.4 is 51.4 Å². The van der Waals surface area contributed by atoms with Crippen molar-refractivity contribution in [3.63, 3.8) is 0 Å². The maximum atomic E-state index is 10.8. The summed E-state index contributed by atoms with van der Waals surface area (Å²) in [6.07, 6.45) is 15.2. The van der Waals surface area contributed by atoms with E-state index >= 15 is 0 Å². The minimum absolute atomic E-state index is 0. The normalized spacial score (nSPS) is 13.8. The molecule has 0 aromatic rings. The van der Waals surface area contributed by atoms with E-state index in [4.69, 9.17) is 4.55 Å². The van der Waals surface area contributed by atoms with Gasteiger partial charge in [-0.2, -0.15) is 0 Å². The van der Waals surface area contributed by atoms with E-state index in [0.29, 0.717) is 5.75 Å². The Morgan fingerprint density at radius 2 is 1.16 bits per heavy atom. The minimum Gasteiger partial charge on any atom is -1.00 e. The number of hydrogen-bond donors (Lipinski definition) is 1. The van der Waals surface area contributed by atoms with Crippen molar-refractivity contribution in [3.8, 4) is 0 Å². The third kappa shape index (κ3) is 22.4. The van der Waals surface area contributed by atoms with Crippen molar-refractivity contribution >= 4 is 20.0 Å². The molecule has 0 aliphatic heterocycles. The van der Waals surface area contributed by atoms with Crippen LogP contribution >= 0.6 is 0 Å². The molecule has 0 heterocycles. The summed E-state index contributed by atoms with van der Waals surface area (Å²) in [5.74, 6) is 0.291. The van der Waals surface area contributed by atoms with E-state index in [1.807, 2.05) is 0 Å². The third-order valence-corrected chi connectivity index (χ3v) is 4.56. The molecule has 0 saturated carbocycles. The molecule has 0 amide bonds. The van der Waals surface area contributed by atoms with E-state index in [-0.39, 0.29) is 52.8 Å². The molecule has 0 fully saturated rings. The molecule has 2 nitrogen and oxygen atoms in total. The Morgan fingerprint density at radius 1 is 0.842 bits per heavy atom. The van der Waals surface area contributed by atoms with E-state index in [0.717, 1.165) is 12.8 Å². The van der Waals surface area contributed by atoms with Gasteiger partial charge in [0.25, 0.3) is 0 Å². The summed E-state index contributed by atoms with van der Waals surface area (Å²) in [6, 6.07) is 0. The molecule has 0 bridgehead atoms. The first kappa shape index (κ1) is 23.2. The van der Waals surface area contributed by atoms with Gasteiger partial charge >= 0.3 is 51.4 Å². The molecular weight excluding hydrogens is 303 g/mol. The molecule has 0 aliphatic carbocycles. The maximum absolute atomic E-state index is 10.8. The molecule has 0 rings (SSSR count). The molecule has 0 radical (unpaired) electrons. The fourth-order valence-corrected chi connectivity index (χ4v) is 3.05. The van der Waals surface area contributed by atoms with Crippen LogP contribution in [0.25, 0.3) is 0 Å². The molecule has 0 spiro atoms. The SMILES string of the molecule is CCCCCCCCCCCCCCS(=O)(O)=S.[H-].[K+]. The Bertz CT molecular complexity index is 272. The van der Waals surface area contributed by atoms with Crippen LogP contribution in [-0.4, -0.2) is 14.5 Å². The Kier molecular flexibility index (Phi) is 20.0. The van der Waals surface area contributed by atoms with Crippen LogP contribution in [0.2, 0.25) is 0 Å². The summed E-state index contributed by atoms with van der Waals surface area (Å²) >= 11 is 4.45. The average molecular weight is 335 g/mol. The van der Waals surface area contributed by atoms with Crippen LogP contribution in [0.5, 0.6) is 0 Å². The van der Waals surface area contributed by atoms with Gasteiger partial charge in [-0.05, 0) is 6.42 Å². The van der Waals surface area contributed by atoms with Gasteiger partial charge < -0.3 is 5.98 Å². The number of unbranched alkanes of at least 4 members (excludes halogenated alkanes) is 11. The predicted octanol–water partition coefficient (Wildman–Crippen LogP) is 2.02. The fourth-order valence-electron chi connectivity index (χ4n) is 2.13. The summed E-state index contributed by atoms with van der Waals surface area (Å²) in [5, 5.41) is 0. The third-order valence-electron chi connectivity index (χ3n) is 3.26. The van der Waals surface area contributed by atoms with Crippen molar-refractivity contribution in [2.45, 2.75) is 84.0 Å². The van der Waals surface area contributed by atoms with Crippen molar-refractivity contribution in [1.82, 2.24) is 0 Å². The van der Waals surface area contributed by atoms with Gasteiger partial charge in [-0.15, -0.1) is 0 Å². The van der Waals surface area contributed by atoms with Crippen LogP contribution in [-0.2, 0) is 20.0 Å². The van der Waals surface area contributed by atoms with Gasteiger partial charge in [0.05, 0.1) is 0 Å². The molecule has 0 aromatic heterocycles. The van der Waals surface area contributed by atoms with Gasteiger partial charge in [0.2, 0.25) is 0 Å². The van der Waals surface area contributed by atoms with Crippen molar-refractivity contribution < 1.29 is 61.6 Å². The van der Waals surface area contributed by atoms with Crippen molar-refractivity contribution in [1.29, 1.82) is 0 Å². The Morgan fingerprint density at radius 3 is 1.47 bits per heavy atom. The summed E-state index contributed by atoms with van der Waals surface area (Å²) in [5.41, 5.74) is 0. The molecule has 0 aromatic carbocycles. The van der Waals surface area contributed by atoms with Crippen molar-refractivity contribution in [3.05, 3.63) is 0 Å². The summed E-state index contributed by atoms with van der Waals surface area (Å²) in [7, 11) is -2.90. The molecule has 1 unspecified atom stereocenters. The molecule has 0 aliphatic rings.